The van der Waals surface area contributed by atoms with Crippen LogP contribution in [0, 0.1) is 6.92 Å². The van der Waals surface area contributed by atoms with Crippen molar-refractivity contribution in [2.45, 2.75) is 13.3 Å². The molecule has 1 aromatic rings. The van der Waals surface area contributed by atoms with E-state index in [2.05, 4.69) is 25.0 Å². The molecule has 3 rings (SSSR count). The molecule has 1 N–H and O–H groups in total. The number of hydrogen-bond acceptors (Lipinski definition) is 5. The number of nitrogens with zero attached hydrogens (tertiary/aromatic N) is 5. The van der Waals surface area contributed by atoms with Gasteiger partial charge in [-0.1, -0.05) is 0 Å². The van der Waals surface area contributed by atoms with Crippen molar-refractivity contribution >= 4 is 11.9 Å². The average Bonchev–Trinajstić information content (AvgIpc) is 2.74. The molecule has 2 aliphatic heterocycles. The standard InChI is InChI=1S/C12H20N6O/c1-10-13-12(15-14-10)18-7-5-16(6-8-18)9-11(19)17-3-2-4-17/h2-9H2,1H3,(H,13,14,15). The maximum Gasteiger partial charge on any atom is 0.244 e. The summed E-state index contributed by atoms with van der Waals surface area (Å²) in [5.74, 6) is 1.88. The van der Waals surface area contributed by atoms with Gasteiger partial charge in [-0.3, -0.25) is 14.8 Å². The summed E-state index contributed by atoms with van der Waals surface area (Å²) >= 11 is 0. The molecule has 19 heavy (non-hydrogen) atoms. The molecule has 0 aromatic carbocycles. The van der Waals surface area contributed by atoms with Crippen LogP contribution in [-0.4, -0.2) is 76.7 Å². The second-order valence-electron chi connectivity index (χ2n) is 5.22. The Bertz CT molecular complexity index is 447. The lowest BCUT2D eigenvalue weighted by Crippen LogP contribution is -2.52. The number of hydrogen-bond donors (Lipinski definition) is 1. The quantitative estimate of drug-likeness (QED) is 0.794. The molecular formula is C12H20N6O. The Morgan fingerprint density at radius 2 is 1.95 bits per heavy atom. The minimum Gasteiger partial charge on any atom is -0.341 e. The van der Waals surface area contributed by atoms with Crippen molar-refractivity contribution in [3.05, 3.63) is 5.82 Å². The summed E-state index contributed by atoms with van der Waals surface area (Å²) in [4.78, 5) is 22.5. The fourth-order valence-corrected chi connectivity index (χ4v) is 2.44. The van der Waals surface area contributed by atoms with E-state index in [1.165, 1.54) is 0 Å². The van der Waals surface area contributed by atoms with Gasteiger partial charge in [0.2, 0.25) is 11.9 Å². The van der Waals surface area contributed by atoms with Crippen LogP contribution < -0.4 is 4.90 Å². The van der Waals surface area contributed by atoms with Gasteiger partial charge in [0.25, 0.3) is 0 Å². The molecule has 0 bridgehead atoms. The number of piperazine rings is 1. The van der Waals surface area contributed by atoms with E-state index in [0.29, 0.717) is 6.54 Å². The Kier molecular flexibility index (Phi) is 3.37. The summed E-state index contributed by atoms with van der Waals surface area (Å²) in [6, 6.07) is 0. The Morgan fingerprint density at radius 1 is 1.21 bits per heavy atom. The number of aromatic nitrogens is 3. The van der Waals surface area contributed by atoms with Gasteiger partial charge in [0.05, 0.1) is 6.54 Å². The lowest BCUT2D eigenvalue weighted by atomic mass is 10.2. The predicted octanol–water partition coefficient (Wildman–Crippen LogP) is -0.533. The van der Waals surface area contributed by atoms with Gasteiger partial charge in [0.15, 0.2) is 0 Å². The molecule has 7 nitrogen and oxygen atoms in total. The third-order valence-electron chi connectivity index (χ3n) is 3.81. The Balaban J connectivity index is 1.47. The second-order valence-corrected chi connectivity index (χ2v) is 5.22. The number of rotatable bonds is 3. The zero-order valence-corrected chi connectivity index (χ0v) is 11.3. The van der Waals surface area contributed by atoms with Crippen molar-refractivity contribution in [1.82, 2.24) is 25.0 Å². The second kappa shape index (κ2) is 5.16. The summed E-state index contributed by atoms with van der Waals surface area (Å²) in [6.07, 6.45) is 1.16. The van der Waals surface area contributed by atoms with Crippen LogP contribution in [0.3, 0.4) is 0 Å². The molecule has 3 heterocycles. The zero-order chi connectivity index (χ0) is 13.2. The van der Waals surface area contributed by atoms with Gasteiger partial charge in [-0.15, -0.1) is 5.10 Å². The predicted molar refractivity (Wildman–Crippen MR) is 71.0 cm³/mol. The van der Waals surface area contributed by atoms with Crippen LogP contribution in [0.4, 0.5) is 5.95 Å². The molecule has 1 amide bonds. The highest BCUT2D eigenvalue weighted by Crippen LogP contribution is 2.12. The Morgan fingerprint density at radius 3 is 2.47 bits per heavy atom. The number of likely N-dealkylation sites (tertiary alicyclic amines) is 1. The largest absolute Gasteiger partial charge is 0.341 e. The van der Waals surface area contributed by atoms with Crippen LogP contribution in [0.15, 0.2) is 0 Å². The van der Waals surface area contributed by atoms with E-state index >= 15 is 0 Å². The van der Waals surface area contributed by atoms with Crippen molar-refractivity contribution < 1.29 is 4.79 Å². The van der Waals surface area contributed by atoms with E-state index in [1.807, 2.05) is 11.8 Å². The summed E-state index contributed by atoms with van der Waals surface area (Å²) in [7, 11) is 0. The fraction of sp³-hybridized carbons (Fsp3) is 0.750. The SMILES string of the molecule is Cc1nc(N2CCN(CC(=O)N3CCC3)CC2)n[nH]1. The van der Waals surface area contributed by atoms with Gasteiger partial charge < -0.3 is 9.80 Å². The van der Waals surface area contributed by atoms with E-state index < -0.39 is 0 Å². The molecule has 7 heteroatoms. The highest BCUT2D eigenvalue weighted by atomic mass is 16.2. The molecule has 0 spiro atoms. The number of H-pyrrole nitrogens is 1. The zero-order valence-electron chi connectivity index (χ0n) is 11.3. The molecule has 2 saturated heterocycles. The van der Waals surface area contributed by atoms with Crippen molar-refractivity contribution in [3.63, 3.8) is 0 Å². The van der Waals surface area contributed by atoms with E-state index in [-0.39, 0.29) is 5.91 Å². The molecule has 2 aliphatic rings. The lowest BCUT2D eigenvalue weighted by Gasteiger charge is -2.37. The minimum atomic E-state index is 0.272. The smallest absolute Gasteiger partial charge is 0.244 e. The molecule has 0 saturated carbocycles. The summed E-state index contributed by atoms with van der Waals surface area (Å²) in [5, 5.41) is 7.03. The molecule has 0 aliphatic carbocycles. The number of nitrogens with one attached hydrogen (secondary N) is 1. The van der Waals surface area contributed by atoms with Crippen LogP contribution >= 0.6 is 0 Å². The first-order chi connectivity index (χ1) is 9.22. The number of amides is 1. The third-order valence-corrected chi connectivity index (χ3v) is 3.81. The number of anilines is 1. The molecular weight excluding hydrogens is 244 g/mol. The first-order valence-electron chi connectivity index (χ1n) is 6.86. The van der Waals surface area contributed by atoms with E-state index in [4.69, 9.17) is 0 Å². The number of aryl methyl sites for hydroxylation is 1. The molecule has 104 valence electrons. The molecule has 0 atom stereocenters. The van der Waals surface area contributed by atoms with Gasteiger partial charge in [-0.05, 0) is 13.3 Å². The first-order valence-corrected chi connectivity index (χ1v) is 6.86. The normalized spacial score (nSPS) is 20.5. The molecule has 0 radical (unpaired) electrons. The topological polar surface area (TPSA) is 68.4 Å². The minimum absolute atomic E-state index is 0.272. The van der Waals surface area contributed by atoms with Crippen molar-refractivity contribution in [2.24, 2.45) is 0 Å². The summed E-state index contributed by atoms with van der Waals surface area (Å²) < 4.78 is 0. The van der Waals surface area contributed by atoms with Gasteiger partial charge in [-0.25, -0.2) is 0 Å². The molecule has 0 unspecified atom stereocenters. The van der Waals surface area contributed by atoms with Crippen LogP contribution in [0.5, 0.6) is 0 Å². The molecule has 2 fully saturated rings. The highest BCUT2D eigenvalue weighted by Gasteiger charge is 2.25. The van der Waals surface area contributed by atoms with Gasteiger partial charge >= 0.3 is 0 Å². The van der Waals surface area contributed by atoms with E-state index in [0.717, 1.165) is 57.5 Å². The maximum atomic E-state index is 11.9. The van der Waals surface area contributed by atoms with Gasteiger partial charge in [-0.2, -0.15) is 4.98 Å². The van der Waals surface area contributed by atoms with E-state index in [9.17, 15) is 4.79 Å². The summed E-state index contributed by atoms with van der Waals surface area (Å²) in [6.45, 7) is 7.89. The van der Waals surface area contributed by atoms with Crippen molar-refractivity contribution in [2.75, 3.05) is 50.7 Å². The summed E-state index contributed by atoms with van der Waals surface area (Å²) in [5.41, 5.74) is 0. The monoisotopic (exact) mass is 264 g/mol. The molecule has 1 aromatic heterocycles. The number of aromatic amines is 1. The van der Waals surface area contributed by atoms with Crippen molar-refractivity contribution in [1.29, 1.82) is 0 Å². The van der Waals surface area contributed by atoms with Crippen LogP contribution in [0.2, 0.25) is 0 Å². The van der Waals surface area contributed by atoms with Crippen LogP contribution in [0.1, 0.15) is 12.2 Å². The average molecular weight is 264 g/mol. The first kappa shape index (κ1) is 12.4. The third kappa shape index (κ3) is 2.70. The Labute approximate surface area is 112 Å². The maximum absolute atomic E-state index is 11.9. The highest BCUT2D eigenvalue weighted by molar-refractivity contribution is 5.78. The fourth-order valence-electron chi connectivity index (χ4n) is 2.44. The van der Waals surface area contributed by atoms with E-state index in [1.54, 1.807) is 0 Å². The van der Waals surface area contributed by atoms with Crippen LogP contribution in [-0.2, 0) is 4.79 Å². The number of carbonyl (C=O) groups excluding carboxylic acids is 1. The van der Waals surface area contributed by atoms with Crippen molar-refractivity contribution in [3.8, 4) is 0 Å². The Hall–Kier alpha value is -1.63. The van der Waals surface area contributed by atoms with Crippen LogP contribution in [0.25, 0.3) is 0 Å². The van der Waals surface area contributed by atoms with Gasteiger partial charge in [0, 0.05) is 39.3 Å². The van der Waals surface area contributed by atoms with Gasteiger partial charge in [0.1, 0.15) is 5.82 Å². The number of carbonyl (C=O) groups is 1. The lowest BCUT2D eigenvalue weighted by molar-refractivity contribution is -0.135.